The minimum Gasteiger partial charge on any atom is -0.341 e. The number of amides is 1. The Labute approximate surface area is 77.2 Å². The van der Waals surface area contributed by atoms with Gasteiger partial charge in [-0.25, -0.2) is 0 Å². The number of nitrogens with zero attached hydrogens (tertiary/aromatic N) is 1. The Balaban J connectivity index is 2.68. The molecule has 13 heavy (non-hydrogen) atoms. The number of aromatic nitrogens is 1. The molecule has 0 radical (unpaired) electrons. The molecule has 0 aliphatic heterocycles. The summed E-state index contributed by atoms with van der Waals surface area (Å²) in [7, 11) is 0. The molecule has 1 N–H and O–H groups in total. The molecule has 1 aromatic rings. The van der Waals surface area contributed by atoms with E-state index in [1.165, 1.54) is 6.20 Å². The molecular weight excluding hydrogens is 164 g/mol. The van der Waals surface area contributed by atoms with Crippen molar-refractivity contribution in [1.82, 2.24) is 10.3 Å². The van der Waals surface area contributed by atoms with Crippen molar-refractivity contribution in [2.24, 2.45) is 0 Å². The van der Waals surface area contributed by atoms with Gasteiger partial charge >= 0.3 is 0 Å². The number of terminal acetylenes is 1. The highest BCUT2D eigenvalue weighted by Crippen LogP contribution is 1.98. The van der Waals surface area contributed by atoms with Gasteiger partial charge in [0.05, 0.1) is 12.1 Å². The van der Waals surface area contributed by atoms with Gasteiger partial charge in [0.15, 0.2) is 0 Å². The second kappa shape index (κ2) is 4.27. The van der Waals surface area contributed by atoms with Gasteiger partial charge in [-0.15, -0.1) is 6.42 Å². The number of pyridine rings is 1. The Kier molecular flexibility index (Phi) is 3.04. The Morgan fingerprint density at radius 3 is 3.00 bits per heavy atom. The molecule has 0 atom stereocenters. The summed E-state index contributed by atoms with van der Waals surface area (Å²) >= 11 is 0. The maximum atomic E-state index is 11.3. The summed E-state index contributed by atoms with van der Waals surface area (Å²) in [5, 5.41) is 2.55. The first-order valence-corrected chi connectivity index (χ1v) is 3.88. The fourth-order valence-corrected chi connectivity index (χ4v) is 0.835. The van der Waals surface area contributed by atoms with Gasteiger partial charge in [-0.2, -0.15) is 0 Å². The average Bonchev–Trinajstić information content (AvgIpc) is 2.15. The van der Waals surface area contributed by atoms with Crippen LogP contribution in [-0.2, 0) is 0 Å². The van der Waals surface area contributed by atoms with Crippen molar-refractivity contribution >= 4 is 5.91 Å². The van der Waals surface area contributed by atoms with E-state index in [9.17, 15) is 4.79 Å². The molecule has 3 nitrogen and oxygen atoms in total. The zero-order valence-electron chi connectivity index (χ0n) is 7.37. The molecule has 66 valence electrons. The van der Waals surface area contributed by atoms with Crippen LogP contribution in [0.5, 0.6) is 0 Å². The first-order valence-electron chi connectivity index (χ1n) is 3.88. The van der Waals surface area contributed by atoms with Crippen molar-refractivity contribution in [3.8, 4) is 12.3 Å². The lowest BCUT2D eigenvalue weighted by Gasteiger charge is -2.00. The normalized spacial score (nSPS) is 8.92. The fraction of sp³-hybridized carbons (Fsp3) is 0.200. The van der Waals surface area contributed by atoms with Crippen LogP contribution in [-0.4, -0.2) is 17.4 Å². The van der Waals surface area contributed by atoms with Gasteiger partial charge in [-0.1, -0.05) is 5.92 Å². The van der Waals surface area contributed by atoms with Crippen molar-refractivity contribution in [2.75, 3.05) is 6.54 Å². The van der Waals surface area contributed by atoms with Gasteiger partial charge in [0, 0.05) is 11.9 Å². The van der Waals surface area contributed by atoms with E-state index >= 15 is 0 Å². The first kappa shape index (κ1) is 9.27. The molecule has 1 heterocycles. The number of hydrogen-bond donors (Lipinski definition) is 1. The Bertz CT molecular complexity index is 335. The van der Waals surface area contributed by atoms with Crippen molar-refractivity contribution in [1.29, 1.82) is 0 Å². The molecule has 0 saturated carbocycles. The molecule has 1 rings (SSSR count). The summed E-state index contributed by atoms with van der Waals surface area (Å²) in [4.78, 5) is 15.3. The van der Waals surface area contributed by atoms with Crippen LogP contribution in [0.25, 0.3) is 0 Å². The molecule has 0 unspecified atom stereocenters. The molecular formula is C10H10N2O. The first-order chi connectivity index (χ1) is 6.24. The number of nitrogens with one attached hydrogen (secondary N) is 1. The van der Waals surface area contributed by atoms with E-state index in [2.05, 4.69) is 16.2 Å². The molecule has 3 heteroatoms. The smallest absolute Gasteiger partial charge is 0.253 e. The van der Waals surface area contributed by atoms with Gasteiger partial charge < -0.3 is 5.32 Å². The van der Waals surface area contributed by atoms with Crippen LogP contribution in [0.15, 0.2) is 18.3 Å². The number of rotatable bonds is 2. The number of hydrogen-bond acceptors (Lipinski definition) is 2. The Hall–Kier alpha value is -1.82. The highest BCUT2D eigenvalue weighted by molar-refractivity contribution is 5.93. The molecule has 1 aromatic heterocycles. The van der Waals surface area contributed by atoms with E-state index in [4.69, 9.17) is 6.42 Å². The molecule has 0 aliphatic carbocycles. The Morgan fingerprint density at radius 2 is 2.46 bits per heavy atom. The zero-order valence-corrected chi connectivity index (χ0v) is 7.37. The standard InChI is InChI=1S/C10H10N2O/c1-3-6-11-10(13)9-5-4-8(2)12-7-9/h1,4-5,7H,6H2,2H3,(H,11,13). The highest BCUT2D eigenvalue weighted by Gasteiger charge is 2.02. The highest BCUT2D eigenvalue weighted by atomic mass is 16.1. The van der Waals surface area contributed by atoms with Gasteiger partial charge in [0.25, 0.3) is 5.91 Å². The van der Waals surface area contributed by atoms with Crippen LogP contribution < -0.4 is 5.32 Å². The third kappa shape index (κ3) is 2.60. The van der Waals surface area contributed by atoms with E-state index in [0.717, 1.165) is 5.69 Å². The predicted octanol–water partition coefficient (Wildman–Crippen LogP) is 0.753. The topological polar surface area (TPSA) is 42.0 Å². The summed E-state index contributed by atoms with van der Waals surface area (Å²) in [5.41, 5.74) is 1.41. The molecule has 0 aliphatic rings. The summed E-state index contributed by atoms with van der Waals surface area (Å²) in [6.07, 6.45) is 6.53. The van der Waals surface area contributed by atoms with E-state index < -0.39 is 0 Å². The van der Waals surface area contributed by atoms with Crippen LogP contribution in [0.2, 0.25) is 0 Å². The van der Waals surface area contributed by atoms with Gasteiger partial charge in [-0.05, 0) is 19.1 Å². The van der Waals surface area contributed by atoms with E-state index in [-0.39, 0.29) is 12.5 Å². The van der Waals surface area contributed by atoms with E-state index in [1.54, 1.807) is 12.1 Å². The quantitative estimate of drug-likeness (QED) is 0.672. The zero-order chi connectivity index (χ0) is 9.68. The van der Waals surface area contributed by atoms with Gasteiger partial charge in [0.1, 0.15) is 0 Å². The molecule has 0 aromatic carbocycles. The monoisotopic (exact) mass is 174 g/mol. The van der Waals surface area contributed by atoms with Crippen molar-refractivity contribution < 1.29 is 4.79 Å². The second-order valence-electron chi connectivity index (χ2n) is 2.58. The number of carbonyl (C=O) groups is 1. The third-order valence-corrected chi connectivity index (χ3v) is 1.52. The maximum Gasteiger partial charge on any atom is 0.253 e. The van der Waals surface area contributed by atoms with E-state index in [1.807, 2.05) is 6.92 Å². The average molecular weight is 174 g/mol. The lowest BCUT2D eigenvalue weighted by molar-refractivity contribution is 0.0958. The lowest BCUT2D eigenvalue weighted by atomic mass is 10.2. The van der Waals surface area contributed by atoms with Crippen LogP contribution in [0.4, 0.5) is 0 Å². The van der Waals surface area contributed by atoms with Crippen molar-refractivity contribution in [3.05, 3.63) is 29.6 Å². The number of aryl methyl sites for hydroxylation is 1. The Morgan fingerprint density at radius 1 is 1.69 bits per heavy atom. The predicted molar refractivity (Wildman–Crippen MR) is 50.1 cm³/mol. The van der Waals surface area contributed by atoms with Gasteiger partial charge in [0.2, 0.25) is 0 Å². The van der Waals surface area contributed by atoms with Crippen LogP contribution in [0, 0.1) is 19.3 Å². The van der Waals surface area contributed by atoms with Crippen molar-refractivity contribution in [3.63, 3.8) is 0 Å². The van der Waals surface area contributed by atoms with E-state index in [0.29, 0.717) is 5.56 Å². The fourth-order valence-electron chi connectivity index (χ4n) is 0.835. The minimum atomic E-state index is -0.189. The summed E-state index contributed by atoms with van der Waals surface area (Å²) in [6.45, 7) is 2.11. The van der Waals surface area contributed by atoms with Crippen LogP contribution in [0.1, 0.15) is 16.1 Å². The SMILES string of the molecule is C#CCNC(=O)c1ccc(C)nc1. The second-order valence-corrected chi connectivity index (χ2v) is 2.58. The third-order valence-electron chi connectivity index (χ3n) is 1.52. The van der Waals surface area contributed by atoms with Crippen LogP contribution >= 0.6 is 0 Å². The van der Waals surface area contributed by atoms with Gasteiger partial charge in [-0.3, -0.25) is 9.78 Å². The molecule has 0 saturated heterocycles. The molecule has 0 bridgehead atoms. The molecule has 0 spiro atoms. The largest absolute Gasteiger partial charge is 0.341 e. The maximum absolute atomic E-state index is 11.3. The number of carbonyl (C=O) groups excluding carboxylic acids is 1. The van der Waals surface area contributed by atoms with Crippen LogP contribution in [0.3, 0.4) is 0 Å². The summed E-state index contributed by atoms with van der Waals surface area (Å²) < 4.78 is 0. The molecule has 1 amide bonds. The summed E-state index contributed by atoms with van der Waals surface area (Å²) in [5.74, 6) is 2.14. The van der Waals surface area contributed by atoms with Crippen molar-refractivity contribution in [2.45, 2.75) is 6.92 Å². The lowest BCUT2D eigenvalue weighted by Crippen LogP contribution is -2.23. The molecule has 0 fully saturated rings. The summed E-state index contributed by atoms with van der Waals surface area (Å²) in [6, 6.07) is 3.50. The minimum absolute atomic E-state index is 0.189.